The van der Waals surface area contributed by atoms with E-state index in [1.165, 1.54) is 18.0 Å². The topological polar surface area (TPSA) is 89.9 Å². The summed E-state index contributed by atoms with van der Waals surface area (Å²) in [4.78, 5) is 40.7. The van der Waals surface area contributed by atoms with E-state index < -0.39 is 23.3 Å². The molecule has 0 saturated carbocycles. The number of amides is 1. The number of thioether (sulfide) groups is 1. The maximum atomic E-state index is 13.5. The van der Waals surface area contributed by atoms with Crippen LogP contribution in [0.1, 0.15) is 49.1 Å². The number of nitrogens with zero attached hydrogens (tertiary/aromatic N) is 2. The van der Waals surface area contributed by atoms with Crippen LogP contribution in [0.25, 0.3) is 0 Å². The molecular weight excluding hydrogens is 550 g/mol. The van der Waals surface area contributed by atoms with E-state index in [9.17, 15) is 14.4 Å². The van der Waals surface area contributed by atoms with Crippen LogP contribution in [-0.2, 0) is 17.1 Å². The lowest BCUT2D eigenvalue weighted by atomic mass is 9.94. The zero-order chi connectivity index (χ0) is 27.8. The fraction of sp³-hybridized carbons (Fsp3) is 0.167. The molecule has 0 aliphatic carbocycles. The van der Waals surface area contributed by atoms with Crippen LogP contribution < -0.4 is 20.5 Å². The molecule has 10 heteroatoms. The molecule has 1 N–H and O–H groups in total. The van der Waals surface area contributed by atoms with Gasteiger partial charge in [-0.3, -0.25) is 19.3 Å². The molecule has 2 aliphatic heterocycles. The van der Waals surface area contributed by atoms with Crippen LogP contribution in [0.3, 0.4) is 0 Å². The fourth-order valence-electron chi connectivity index (χ4n) is 5.11. The van der Waals surface area contributed by atoms with Crippen molar-refractivity contribution in [1.29, 1.82) is 0 Å². The van der Waals surface area contributed by atoms with Crippen molar-refractivity contribution in [3.05, 3.63) is 128 Å². The standard InChI is InChI=1S/C30H24ClN3O5S/c1-38-30(37)21-14-33-26(28(27(21)35)39-15-18-8-3-2-4-9-18)29(36)32-17-34(33)25-20-11-5-6-13-23(20)40-16-19-10-7-12-22(31)24(19)25/h2-14,25H,15-17H2,1H3,(H,32,36)/t25-/m1/s1. The number of esters is 1. The summed E-state index contributed by atoms with van der Waals surface area (Å²) >= 11 is 8.55. The van der Waals surface area contributed by atoms with E-state index in [4.69, 9.17) is 21.1 Å². The van der Waals surface area contributed by atoms with Crippen molar-refractivity contribution in [2.24, 2.45) is 0 Å². The number of hydrogen-bond donors (Lipinski definition) is 1. The molecule has 0 bridgehead atoms. The Morgan fingerprint density at radius 2 is 1.82 bits per heavy atom. The molecule has 0 saturated heterocycles. The Balaban J connectivity index is 1.58. The quantitative estimate of drug-likeness (QED) is 0.340. The number of methoxy groups -OCH3 is 1. The molecule has 0 unspecified atom stereocenters. The minimum atomic E-state index is -0.828. The number of carbonyl (C=O) groups excluding carboxylic acids is 2. The van der Waals surface area contributed by atoms with Gasteiger partial charge in [0.15, 0.2) is 11.4 Å². The van der Waals surface area contributed by atoms with Crippen LogP contribution >= 0.6 is 23.4 Å². The van der Waals surface area contributed by atoms with Gasteiger partial charge in [0, 0.05) is 27.4 Å². The van der Waals surface area contributed by atoms with Gasteiger partial charge in [-0.25, -0.2) is 4.79 Å². The Bertz CT molecular complexity index is 1690. The molecule has 0 radical (unpaired) electrons. The Morgan fingerprint density at radius 1 is 1.05 bits per heavy atom. The molecule has 202 valence electrons. The average molecular weight is 574 g/mol. The number of rotatable bonds is 5. The Kier molecular flexibility index (Phi) is 7.00. The van der Waals surface area contributed by atoms with E-state index in [0.717, 1.165) is 27.1 Å². The molecule has 6 rings (SSSR count). The maximum Gasteiger partial charge on any atom is 0.343 e. The summed E-state index contributed by atoms with van der Waals surface area (Å²) in [5.74, 6) is -0.849. The van der Waals surface area contributed by atoms with Crippen molar-refractivity contribution in [3.8, 4) is 5.75 Å². The first-order valence-corrected chi connectivity index (χ1v) is 13.9. The van der Waals surface area contributed by atoms with Gasteiger partial charge in [0.1, 0.15) is 24.9 Å². The van der Waals surface area contributed by atoms with Gasteiger partial charge in [0.25, 0.3) is 5.91 Å². The number of aromatic nitrogens is 1. The van der Waals surface area contributed by atoms with Gasteiger partial charge < -0.3 is 14.8 Å². The summed E-state index contributed by atoms with van der Waals surface area (Å²) in [6.07, 6.45) is 1.36. The van der Waals surface area contributed by atoms with Gasteiger partial charge in [-0.15, -0.1) is 11.8 Å². The normalized spacial score (nSPS) is 15.7. The summed E-state index contributed by atoms with van der Waals surface area (Å²) in [5.41, 5.74) is 2.73. The van der Waals surface area contributed by atoms with Crippen LogP contribution in [0.4, 0.5) is 0 Å². The van der Waals surface area contributed by atoms with Gasteiger partial charge in [0.05, 0.1) is 7.11 Å². The summed E-state index contributed by atoms with van der Waals surface area (Å²) in [5, 5.41) is 5.36. The third-order valence-electron chi connectivity index (χ3n) is 6.98. The first kappa shape index (κ1) is 26.0. The highest BCUT2D eigenvalue weighted by atomic mass is 35.5. The number of carbonyl (C=O) groups is 2. The zero-order valence-electron chi connectivity index (χ0n) is 21.4. The largest absolute Gasteiger partial charge is 0.482 e. The lowest BCUT2D eigenvalue weighted by Gasteiger charge is -2.41. The van der Waals surface area contributed by atoms with Crippen molar-refractivity contribution in [1.82, 2.24) is 9.99 Å². The van der Waals surface area contributed by atoms with E-state index in [1.807, 2.05) is 71.7 Å². The number of hydrogen-bond acceptors (Lipinski definition) is 7. The first-order valence-electron chi connectivity index (χ1n) is 12.6. The van der Waals surface area contributed by atoms with E-state index in [0.29, 0.717) is 10.8 Å². The van der Waals surface area contributed by atoms with Gasteiger partial charge in [0.2, 0.25) is 5.43 Å². The molecule has 0 spiro atoms. The zero-order valence-corrected chi connectivity index (χ0v) is 23.0. The smallest absolute Gasteiger partial charge is 0.343 e. The van der Waals surface area contributed by atoms with Crippen LogP contribution in [0.2, 0.25) is 5.02 Å². The Morgan fingerprint density at radius 3 is 2.62 bits per heavy atom. The van der Waals surface area contributed by atoms with Gasteiger partial charge in [-0.05, 0) is 28.8 Å². The minimum Gasteiger partial charge on any atom is -0.482 e. The predicted molar refractivity (Wildman–Crippen MR) is 153 cm³/mol. The number of halogens is 1. The molecule has 1 aromatic heterocycles. The maximum absolute atomic E-state index is 13.5. The highest BCUT2D eigenvalue weighted by Crippen LogP contribution is 2.44. The van der Waals surface area contributed by atoms with Crippen molar-refractivity contribution < 1.29 is 19.1 Å². The summed E-state index contributed by atoms with van der Waals surface area (Å²) < 4.78 is 12.5. The molecule has 1 atom stereocenters. The third-order valence-corrected chi connectivity index (χ3v) is 8.45. The fourth-order valence-corrected chi connectivity index (χ4v) is 6.49. The third kappa shape index (κ3) is 4.51. The minimum absolute atomic E-state index is 0.0113. The number of pyridine rings is 1. The first-order chi connectivity index (χ1) is 19.5. The number of ether oxygens (including phenoxy) is 2. The molecule has 1 amide bonds. The average Bonchev–Trinajstić information content (AvgIpc) is 3.15. The van der Waals surface area contributed by atoms with Crippen molar-refractivity contribution in [2.45, 2.75) is 23.3 Å². The summed E-state index contributed by atoms with van der Waals surface area (Å²) in [7, 11) is 1.20. The molecule has 40 heavy (non-hydrogen) atoms. The van der Waals surface area contributed by atoms with E-state index in [2.05, 4.69) is 11.4 Å². The van der Waals surface area contributed by atoms with Crippen molar-refractivity contribution in [3.63, 3.8) is 0 Å². The second-order valence-electron chi connectivity index (χ2n) is 9.31. The van der Waals surface area contributed by atoms with Crippen molar-refractivity contribution >= 4 is 35.2 Å². The van der Waals surface area contributed by atoms with E-state index >= 15 is 0 Å². The molecule has 4 aromatic rings. The molecule has 3 heterocycles. The highest BCUT2D eigenvalue weighted by Gasteiger charge is 2.38. The predicted octanol–water partition coefficient (Wildman–Crippen LogP) is 4.90. The molecule has 2 aliphatic rings. The van der Waals surface area contributed by atoms with Crippen LogP contribution in [0.15, 0.2) is 88.7 Å². The van der Waals surface area contributed by atoms with Crippen LogP contribution in [-0.4, -0.2) is 30.3 Å². The van der Waals surface area contributed by atoms with Gasteiger partial charge in [-0.1, -0.05) is 72.3 Å². The second-order valence-corrected chi connectivity index (χ2v) is 10.7. The summed E-state index contributed by atoms with van der Waals surface area (Å²) in [6.45, 7) is 0.111. The Labute approximate surface area is 239 Å². The Hall–Kier alpha value is -4.21. The van der Waals surface area contributed by atoms with E-state index in [-0.39, 0.29) is 30.3 Å². The monoisotopic (exact) mass is 573 g/mol. The molecular formula is C30H24ClN3O5S. The number of fused-ring (bicyclic) bond motifs is 3. The summed E-state index contributed by atoms with van der Waals surface area (Å²) in [6, 6.07) is 22.6. The number of nitrogens with one attached hydrogen (secondary N) is 1. The van der Waals surface area contributed by atoms with Gasteiger partial charge in [-0.2, -0.15) is 0 Å². The van der Waals surface area contributed by atoms with Crippen LogP contribution in [0.5, 0.6) is 5.75 Å². The lowest BCUT2D eigenvalue weighted by Crippen LogP contribution is -2.54. The molecule has 8 nitrogen and oxygen atoms in total. The highest BCUT2D eigenvalue weighted by molar-refractivity contribution is 7.98. The SMILES string of the molecule is COC(=O)c1cn2c(c(OCc3ccccc3)c1=O)C(=O)NCN2[C@@H]1c2ccccc2SCc2cccc(Cl)c21. The van der Waals surface area contributed by atoms with Crippen molar-refractivity contribution in [2.75, 3.05) is 18.8 Å². The molecule has 0 fully saturated rings. The van der Waals surface area contributed by atoms with Crippen LogP contribution in [0, 0.1) is 0 Å². The van der Waals surface area contributed by atoms with Gasteiger partial charge >= 0.3 is 5.97 Å². The lowest BCUT2D eigenvalue weighted by molar-refractivity contribution is 0.0595. The van der Waals surface area contributed by atoms with E-state index in [1.54, 1.807) is 11.8 Å². The molecule has 3 aromatic carbocycles. The number of benzene rings is 3. The second kappa shape index (κ2) is 10.7.